The molecule has 1 nitrogen and oxygen atoms in total. The Balaban J connectivity index is 2.60. The average molecular weight is 259 g/mol. The first-order valence-corrected chi connectivity index (χ1v) is 7.74. The highest BCUT2D eigenvalue weighted by Gasteiger charge is 2.02. The van der Waals surface area contributed by atoms with Gasteiger partial charge in [-0.1, -0.05) is 68.7 Å². The van der Waals surface area contributed by atoms with Crippen molar-refractivity contribution in [3.05, 3.63) is 41.5 Å². The van der Waals surface area contributed by atoms with Gasteiger partial charge in [0.05, 0.1) is 0 Å². The van der Waals surface area contributed by atoms with Gasteiger partial charge in [-0.2, -0.15) is 0 Å². The van der Waals surface area contributed by atoms with Crippen LogP contribution >= 0.6 is 0 Å². The van der Waals surface area contributed by atoms with Gasteiger partial charge in [0.25, 0.3) is 0 Å². The summed E-state index contributed by atoms with van der Waals surface area (Å²) in [5.41, 5.74) is 2.85. The zero-order valence-electron chi connectivity index (χ0n) is 12.8. The summed E-state index contributed by atoms with van der Waals surface area (Å²) in [6.45, 7) is 7.77. The Morgan fingerprint density at radius 2 is 1.89 bits per heavy atom. The van der Waals surface area contributed by atoms with Gasteiger partial charge in [-0.25, -0.2) is 0 Å². The van der Waals surface area contributed by atoms with Crippen molar-refractivity contribution in [3.8, 4) is 0 Å². The molecule has 0 aromatic heterocycles. The first kappa shape index (κ1) is 16.0. The minimum Gasteiger partial charge on any atom is -0.311 e. The number of rotatable bonds is 9. The van der Waals surface area contributed by atoms with Gasteiger partial charge in [-0.3, -0.25) is 0 Å². The third-order valence-corrected chi connectivity index (χ3v) is 3.56. The standard InChI is InChI=1S/C18H29N/c1-4-6-8-13-18(15-19-16(3)5-2)14-17-11-9-7-10-12-17/h7,9-12,14,16,19H,4-6,8,13,15H2,1-3H3/b18-14+/t16-/m1/s1. The molecule has 0 unspecified atom stereocenters. The number of hydrogen-bond acceptors (Lipinski definition) is 1. The molecular formula is C18H29N. The van der Waals surface area contributed by atoms with E-state index in [9.17, 15) is 0 Å². The second kappa shape index (κ2) is 9.80. The summed E-state index contributed by atoms with van der Waals surface area (Å²) in [5, 5.41) is 3.61. The molecule has 1 aromatic rings. The number of nitrogens with one attached hydrogen (secondary N) is 1. The second-order valence-electron chi connectivity index (χ2n) is 5.36. The van der Waals surface area contributed by atoms with Gasteiger partial charge in [-0.05, 0) is 31.7 Å². The van der Waals surface area contributed by atoms with Crippen molar-refractivity contribution in [1.29, 1.82) is 0 Å². The molecule has 0 heterocycles. The fourth-order valence-electron chi connectivity index (χ4n) is 2.05. The van der Waals surface area contributed by atoms with Crippen molar-refractivity contribution in [2.24, 2.45) is 0 Å². The van der Waals surface area contributed by atoms with E-state index in [0.29, 0.717) is 6.04 Å². The highest BCUT2D eigenvalue weighted by Crippen LogP contribution is 2.13. The SMILES string of the molecule is CCCCC/C(=C\c1ccccc1)CN[C@H](C)CC. The van der Waals surface area contributed by atoms with E-state index < -0.39 is 0 Å². The molecule has 0 aliphatic heterocycles. The van der Waals surface area contributed by atoms with E-state index in [-0.39, 0.29) is 0 Å². The molecule has 1 rings (SSSR count). The molecule has 0 aliphatic rings. The average Bonchev–Trinajstić information content (AvgIpc) is 2.45. The Hall–Kier alpha value is -1.08. The fourth-order valence-corrected chi connectivity index (χ4v) is 2.05. The normalized spacial score (nSPS) is 13.5. The lowest BCUT2D eigenvalue weighted by molar-refractivity contribution is 0.551. The second-order valence-corrected chi connectivity index (χ2v) is 5.36. The van der Waals surface area contributed by atoms with Crippen LogP contribution in [0.25, 0.3) is 6.08 Å². The maximum Gasteiger partial charge on any atom is 0.0170 e. The third-order valence-electron chi connectivity index (χ3n) is 3.56. The zero-order chi connectivity index (χ0) is 13.9. The Kier molecular flexibility index (Phi) is 8.24. The molecule has 1 atom stereocenters. The van der Waals surface area contributed by atoms with Crippen LogP contribution in [0.1, 0.15) is 58.4 Å². The molecule has 19 heavy (non-hydrogen) atoms. The molecule has 0 radical (unpaired) electrons. The highest BCUT2D eigenvalue weighted by molar-refractivity contribution is 5.52. The van der Waals surface area contributed by atoms with Crippen LogP contribution in [0.2, 0.25) is 0 Å². The summed E-state index contributed by atoms with van der Waals surface area (Å²) in [4.78, 5) is 0. The number of benzene rings is 1. The topological polar surface area (TPSA) is 12.0 Å². The summed E-state index contributed by atoms with van der Waals surface area (Å²) in [7, 11) is 0. The van der Waals surface area contributed by atoms with Crippen LogP contribution in [0.5, 0.6) is 0 Å². The first-order chi connectivity index (χ1) is 9.26. The molecule has 0 amide bonds. The molecule has 0 fully saturated rings. The Labute approximate surface area is 119 Å². The van der Waals surface area contributed by atoms with Crippen molar-refractivity contribution >= 4 is 6.08 Å². The molecule has 106 valence electrons. The summed E-state index contributed by atoms with van der Waals surface area (Å²) < 4.78 is 0. The molecule has 0 bridgehead atoms. The van der Waals surface area contributed by atoms with Gasteiger partial charge < -0.3 is 5.32 Å². The first-order valence-electron chi connectivity index (χ1n) is 7.74. The minimum atomic E-state index is 0.602. The van der Waals surface area contributed by atoms with E-state index in [4.69, 9.17) is 0 Å². The van der Waals surface area contributed by atoms with Crippen molar-refractivity contribution < 1.29 is 0 Å². The molecule has 0 aliphatic carbocycles. The van der Waals surface area contributed by atoms with Crippen LogP contribution in [-0.4, -0.2) is 12.6 Å². The van der Waals surface area contributed by atoms with Crippen LogP contribution < -0.4 is 5.32 Å². The zero-order valence-corrected chi connectivity index (χ0v) is 12.8. The van der Waals surface area contributed by atoms with E-state index in [0.717, 1.165) is 6.54 Å². The third kappa shape index (κ3) is 7.17. The molecular weight excluding hydrogens is 230 g/mol. The van der Waals surface area contributed by atoms with Gasteiger partial charge in [-0.15, -0.1) is 0 Å². The van der Waals surface area contributed by atoms with Crippen molar-refractivity contribution in [2.45, 2.75) is 58.9 Å². The smallest absolute Gasteiger partial charge is 0.0170 e. The maximum atomic E-state index is 3.61. The maximum absolute atomic E-state index is 3.61. The van der Waals surface area contributed by atoms with Crippen LogP contribution in [0.3, 0.4) is 0 Å². The quantitative estimate of drug-likeness (QED) is 0.613. The van der Waals surface area contributed by atoms with E-state index in [2.05, 4.69) is 62.5 Å². The van der Waals surface area contributed by atoms with Crippen LogP contribution in [0, 0.1) is 0 Å². The Morgan fingerprint density at radius 3 is 2.53 bits per heavy atom. The van der Waals surface area contributed by atoms with Crippen LogP contribution in [0.15, 0.2) is 35.9 Å². The lowest BCUT2D eigenvalue weighted by Crippen LogP contribution is -2.27. The number of hydrogen-bond donors (Lipinski definition) is 1. The molecule has 1 N–H and O–H groups in total. The lowest BCUT2D eigenvalue weighted by atomic mass is 10.0. The van der Waals surface area contributed by atoms with Crippen molar-refractivity contribution in [2.75, 3.05) is 6.54 Å². The Bertz CT molecular complexity index is 353. The molecule has 1 heteroatoms. The van der Waals surface area contributed by atoms with Gasteiger partial charge in [0.15, 0.2) is 0 Å². The largest absolute Gasteiger partial charge is 0.311 e. The van der Waals surface area contributed by atoms with Gasteiger partial charge >= 0.3 is 0 Å². The van der Waals surface area contributed by atoms with Gasteiger partial charge in [0.2, 0.25) is 0 Å². The van der Waals surface area contributed by atoms with Gasteiger partial charge in [0.1, 0.15) is 0 Å². The summed E-state index contributed by atoms with van der Waals surface area (Å²) in [6, 6.07) is 11.3. The van der Waals surface area contributed by atoms with E-state index in [1.807, 2.05) is 0 Å². The summed E-state index contributed by atoms with van der Waals surface area (Å²) >= 11 is 0. The predicted molar refractivity (Wildman–Crippen MR) is 86.3 cm³/mol. The van der Waals surface area contributed by atoms with Crippen LogP contribution in [0.4, 0.5) is 0 Å². The monoisotopic (exact) mass is 259 g/mol. The minimum absolute atomic E-state index is 0.602. The van der Waals surface area contributed by atoms with E-state index >= 15 is 0 Å². The van der Waals surface area contributed by atoms with Crippen LogP contribution in [-0.2, 0) is 0 Å². The Morgan fingerprint density at radius 1 is 1.16 bits per heavy atom. The highest BCUT2D eigenvalue weighted by atomic mass is 14.9. The molecule has 0 spiro atoms. The van der Waals surface area contributed by atoms with Crippen molar-refractivity contribution in [3.63, 3.8) is 0 Å². The molecule has 0 saturated heterocycles. The van der Waals surface area contributed by atoms with E-state index in [1.54, 1.807) is 0 Å². The molecule has 0 saturated carbocycles. The summed E-state index contributed by atoms with van der Waals surface area (Å²) in [6.07, 6.45) is 8.68. The number of unbranched alkanes of at least 4 members (excludes halogenated alkanes) is 2. The van der Waals surface area contributed by atoms with Crippen molar-refractivity contribution in [1.82, 2.24) is 5.32 Å². The van der Waals surface area contributed by atoms with Gasteiger partial charge in [0, 0.05) is 12.6 Å². The fraction of sp³-hybridized carbons (Fsp3) is 0.556. The lowest BCUT2D eigenvalue weighted by Gasteiger charge is -2.14. The van der Waals surface area contributed by atoms with E-state index in [1.165, 1.54) is 43.2 Å². The molecule has 1 aromatic carbocycles. The summed E-state index contributed by atoms with van der Waals surface area (Å²) in [5.74, 6) is 0. The predicted octanol–water partition coefficient (Wildman–Crippen LogP) is 5.04.